The molecule has 2 nitrogen and oxygen atoms in total. The highest BCUT2D eigenvalue weighted by molar-refractivity contribution is 7.80. The molecule has 3 rings (SSSR count). The Morgan fingerprint density at radius 1 is 1.70 bits per heavy atom. The topological polar surface area (TPSA) is 38.0 Å². The van der Waals surface area contributed by atoms with E-state index in [2.05, 4.69) is 12.2 Å². The minimum atomic E-state index is 0.351. The van der Waals surface area contributed by atoms with E-state index in [4.69, 9.17) is 18.0 Å². The van der Waals surface area contributed by atoms with Crippen molar-refractivity contribution in [2.75, 3.05) is 6.54 Å². The Kier molecular flexibility index (Phi) is 1.26. The van der Waals surface area contributed by atoms with Gasteiger partial charge in [-0.1, -0.05) is 19.1 Å². The van der Waals surface area contributed by atoms with Crippen LogP contribution in [0, 0.1) is 17.8 Å². The highest BCUT2D eigenvalue weighted by Crippen LogP contribution is 2.42. The molecule has 2 bridgehead atoms. The van der Waals surface area contributed by atoms with Crippen molar-refractivity contribution in [2.45, 2.75) is 13.0 Å². The zero-order chi connectivity index (χ0) is 7.30. The van der Waals surface area contributed by atoms with Crippen molar-refractivity contribution < 1.29 is 0 Å². The molecule has 3 heteroatoms. The molecule has 2 saturated heterocycles. The quantitative estimate of drug-likeness (QED) is 0.489. The highest BCUT2D eigenvalue weighted by Gasteiger charge is 2.50. The molecule has 3 aliphatic rings. The summed E-state index contributed by atoms with van der Waals surface area (Å²) in [5, 5.41) is 3.19. The SMILES string of the molecule is CC1C2CNC(=S)C1C2N. The maximum Gasteiger partial charge on any atom is 0.0803 e. The van der Waals surface area contributed by atoms with Crippen molar-refractivity contribution >= 4 is 17.2 Å². The van der Waals surface area contributed by atoms with Gasteiger partial charge in [0.05, 0.1) is 4.99 Å². The van der Waals surface area contributed by atoms with Gasteiger partial charge in [-0.3, -0.25) is 0 Å². The number of thiocarbonyl (C=S) groups is 1. The first-order chi connectivity index (χ1) is 4.72. The lowest BCUT2D eigenvalue weighted by molar-refractivity contribution is 0.0825. The van der Waals surface area contributed by atoms with Gasteiger partial charge in [-0.05, 0) is 11.8 Å². The van der Waals surface area contributed by atoms with Gasteiger partial charge in [0.2, 0.25) is 0 Å². The molecular weight excluding hydrogens is 144 g/mol. The van der Waals surface area contributed by atoms with E-state index in [9.17, 15) is 0 Å². The molecule has 3 fully saturated rings. The van der Waals surface area contributed by atoms with Crippen molar-refractivity contribution in [3.63, 3.8) is 0 Å². The van der Waals surface area contributed by atoms with Gasteiger partial charge in [0, 0.05) is 18.5 Å². The van der Waals surface area contributed by atoms with Crippen LogP contribution in [0.3, 0.4) is 0 Å². The maximum absolute atomic E-state index is 5.88. The fraction of sp³-hybridized carbons (Fsp3) is 0.857. The number of fused-ring (bicyclic) bond motifs is 2. The van der Waals surface area contributed by atoms with Crippen LogP contribution in [0.15, 0.2) is 0 Å². The molecule has 4 atom stereocenters. The van der Waals surface area contributed by atoms with Gasteiger partial charge in [0.15, 0.2) is 0 Å². The van der Waals surface area contributed by atoms with Crippen molar-refractivity contribution in [3.05, 3.63) is 0 Å². The lowest BCUT2D eigenvalue weighted by atomic mass is 9.59. The fourth-order valence-electron chi connectivity index (χ4n) is 2.16. The van der Waals surface area contributed by atoms with E-state index in [1.54, 1.807) is 0 Å². The molecule has 0 aromatic carbocycles. The average Bonchev–Trinajstić information content (AvgIpc) is 1.88. The molecule has 56 valence electrons. The van der Waals surface area contributed by atoms with Crippen molar-refractivity contribution in [1.82, 2.24) is 5.32 Å². The summed E-state index contributed by atoms with van der Waals surface area (Å²) >= 11 is 5.13. The van der Waals surface area contributed by atoms with E-state index in [0.29, 0.717) is 17.9 Å². The van der Waals surface area contributed by atoms with Crippen LogP contribution in [0.2, 0.25) is 0 Å². The minimum Gasteiger partial charge on any atom is -0.379 e. The van der Waals surface area contributed by atoms with Gasteiger partial charge in [-0.2, -0.15) is 0 Å². The van der Waals surface area contributed by atoms with E-state index in [1.807, 2.05) is 0 Å². The van der Waals surface area contributed by atoms with Crippen molar-refractivity contribution in [1.29, 1.82) is 0 Å². The molecule has 0 radical (unpaired) electrons. The average molecular weight is 156 g/mol. The summed E-state index contributed by atoms with van der Waals surface area (Å²) < 4.78 is 0. The van der Waals surface area contributed by atoms with Crippen LogP contribution < -0.4 is 11.1 Å². The summed E-state index contributed by atoms with van der Waals surface area (Å²) in [7, 11) is 0. The maximum atomic E-state index is 5.88. The molecule has 0 amide bonds. The van der Waals surface area contributed by atoms with E-state index in [1.165, 1.54) is 0 Å². The molecule has 2 heterocycles. The Balaban J connectivity index is 2.19. The number of piperidine rings is 2. The van der Waals surface area contributed by atoms with Gasteiger partial charge < -0.3 is 11.1 Å². The second-order valence-electron chi connectivity index (χ2n) is 3.37. The Morgan fingerprint density at radius 3 is 2.70 bits per heavy atom. The lowest BCUT2D eigenvalue weighted by Crippen LogP contribution is -2.68. The van der Waals surface area contributed by atoms with Crippen LogP contribution in [-0.2, 0) is 0 Å². The molecule has 4 unspecified atom stereocenters. The molecule has 1 aliphatic carbocycles. The third-order valence-electron chi connectivity index (χ3n) is 2.97. The summed E-state index contributed by atoms with van der Waals surface area (Å²) in [6, 6.07) is 0.351. The van der Waals surface area contributed by atoms with E-state index >= 15 is 0 Å². The number of rotatable bonds is 0. The molecule has 0 aromatic heterocycles. The molecule has 2 aliphatic heterocycles. The molecule has 0 spiro atoms. The third-order valence-corrected chi connectivity index (χ3v) is 3.38. The Hall–Kier alpha value is -0.150. The third kappa shape index (κ3) is 0.596. The molecule has 10 heavy (non-hydrogen) atoms. The first-order valence-electron chi connectivity index (χ1n) is 3.75. The number of hydrogen-bond acceptors (Lipinski definition) is 2. The monoisotopic (exact) mass is 156 g/mol. The number of hydrogen-bond donors (Lipinski definition) is 2. The summed E-state index contributed by atoms with van der Waals surface area (Å²) in [4.78, 5) is 0.988. The van der Waals surface area contributed by atoms with Crippen LogP contribution in [0.25, 0.3) is 0 Å². The highest BCUT2D eigenvalue weighted by atomic mass is 32.1. The molecule has 1 saturated carbocycles. The van der Waals surface area contributed by atoms with Crippen LogP contribution in [0.1, 0.15) is 6.92 Å². The van der Waals surface area contributed by atoms with Crippen LogP contribution >= 0.6 is 12.2 Å². The molecule has 0 aromatic rings. The zero-order valence-corrected chi connectivity index (χ0v) is 6.82. The van der Waals surface area contributed by atoms with Gasteiger partial charge >= 0.3 is 0 Å². The lowest BCUT2D eigenvalue weighted by Gasteiger charge is -2.53. The van der Waals surface area contributed by atoms with E-state index in [-0.39, 0.29) is 0 Å². The Morgan fingerprint density at radius 2 is 2.40 bits per heavy atom. The predicted molar refractivity (Wildman–Crippen MR) is 44.7 cm³/mol. The predicted octanol–water partition coefficient (Wildman–Crippen LogP) is 0.126. The largest absolute Gasteiger partial charge is 0.379 e. The van der Waals surface area contributed by atoms with Crippen LogP contribution in [-0.4, -0.2) is 17.6 Å². The standard InChI is InChI=1S/C7H12N2S/c1-3-4-2-9-7(10)5(3)6(4)8/h3-6H,2,8H2,1H3,(H,9,10). The zero-order valence-electron chi connectivity index (χ0n) is 6.00. The smallest absolute Gasteiger partial charge is 0.0803 e. The van der Waals surface area contributed by atoms with Gasteiger partial charge in [-0.25, -0.2) is 0 Å². The number of nitrogens with one attached hydrogen (secondary N) is 1. The van der Waals surface area contributed by atoms with Crippen molar-refractivity contribution in [3.8, 4) is 0 Å². The van der Waals surface area contributed by atoms with Gasteiger partial charge in [0.1, 0.15) is 0 Å². The summed E-state index contributed by atoms with van der Waals surface area (Å²) in [5.74, 6) is 1.88. The summed E-state index contributed by atoms with van der Waals surface area (Å²) in [6.45, 7) is 3.24. The van der Waals surface area contributed by atoms with Gasteiger partial charge in [-0.15, -0.1) is 0 Å². The first-order valence-corrected chi connectivity index (χ1v) is 4.16. The minimum absolute atomic E-state index is 0.351. The Bertz CT molecular complexity index is 170. The first kappa shape index (κ1) is 6.55. The summed E-state index contributed by atoms with van der Waals surface area (Å²) in [5.41, 5.74) is 5.88. The number of nitrogens with two attached hydrogens (primary N) is 1. The second-order valence-corrected chi connectivity index (χ2v) is 3.81. The van der Waals surface area contributed by atoms with E-state index in [0.717, 1.165) is 17.5 Å². The van der Waals surface area contributed by atoms with Gasteiger partial charge in [0.25, 0.3) is 0 Å². The van der Waals surface area contributed by atoms with E-state index < -0.39 is 0 Å². The summed E-state index contributed by atoms with van der Waals surface area (Å²) in [6.07, 6.45) is 0. The molecular formula is C7H12N2S. The molecule has 3 N–H and O–H groups in total. The van der Waals surface area contributed by atoms with Crippen LogP contribution in [0.5, 0.6) is 0 Å². The normalized spacial score (nSPS) is 51.6. The Labute approximate surface area is 66.2 Å². The van der Waals surface area contributed by atoms with Crippen LogP contribution in [0.4, 0.5) is 0 Å². The van der Waals surface area contributed by atoms with Crippen molar-refractivity contribution in [2.24, 2.45) is 23.5 Å². The second kappa shape index (κ2) is 1.92. The fourth-order valence-corrected chi connectivity index (χ4v) is 2.62.